The molecule has 24 heavy (non-hydrogen) atoms. The van der Waals surface area contributed by atoms with E-state index in [4.69, 9.17) is 4.74 Å². The van der Waals surface area contributed by atoms with Gasteiger partial charge in [0, 0.05) is 12.1 Å². The average molecular weight is 323 g/mol. The highest BCUT2D eigenvalue weighted by Gasteiger charge is 2.41. The van der Waals surface area contributed by atoms with Gasteiger partial charge < -0.3 is 15.2 Å². The van der Waals surface area contributed by atoms with Crippen molar-refractivity contribution in [2.45, 2.75) is 56.4 Å². The summed E-state index contributed by atoms with van der Waals surface area (Å²) in [6.45, 7) is 0.568. The second-order valence-corrected chi connectivity index (χ2v) is 7.23. The number of hydrogen-bond acceptors (Lipinski definition) is 3. The van der Waals surface area contributed by atoms with Gasteiger partial charge in [0.05, 0.1) is 5.60 Å². The number of piperidine rings is 2. The number of ether oxygens (including phenoxy) is 1. The van der Waals surface area contributed by atoms with Crippen LogP contribution in [0.15, 0.2) is 54.6 Å². The van der Waals surface area contributed by atoms with Crippen LogP contribution < -0.4 is 10.1 Å². The van der Waals surface area contributed by atoms with Crippen LogP contribution in [0.1, 0.15) is 43.2 Å². The predicted molar refractivity (Wildman–Crippen MR) is 94.9 cm³/mol. The normalized spacial score (nSPS) is 29.2. The molecule has 4 rings (SSSR count). The van der Waals surface area contributed by atoms with Crippen LogP contribution in [0.3, 0.4) is 0 Å². The first-order valence-electron chi connectivity index (χ1n) is 8.97. The molecule has 2 aromatic carbocycles. The molecule has 2 saturated heterocycles. The van der Waals surface area contributed by atoms with Crippen LogP contribution in [0.25, 0.3) is 0 Å². The molecule has 0 aromatic heterocycles. The molecule has 126 valence electrons. The minimum atomic E-state index is -0.695. The lowest BCUT2D eigenvalue weighted by Gasteiger charge is -2.45. The maximum atomic E-state index is 11.2. The number of nitrogens with one attached hydrogen (secondary N) is 1. The van der Waals surface area contributed by atoms with E-state index in [0.29, 0.717) is 18.7 Å². The minimum Gasteiger partial charge on any atom is -0.489 e. The quantitative estimate of drug-likeness (QED) is 0.900. The predicted octanol–water partition coefficient (Wildman–Crippen LogP) is 3.76. The maximum absolute atomic E-state index is 11.2. The molecule has 2 aliphatic heterocycles. The highest BCUT2D eigenvalue weighted by atomic mass is 16.5. The fraction of sp³-hybridized carbons (Fsp3) is 0.429. The summed E-state index contributed by atoms with van der Waals surface area (Å²) in [6, 6.07) is 19.1. The van der Waals surface area contributed by atoms with Gasteiger partial charge in [-0.15, -0.1) is 0 Å². The molecule has 2 N–H and O–H groups in total. The molecule has 0 amide bonds. The van der Waals surface area contributed by atoms with Gasteiger partial charge in [0.2, 0.25) is 0 Å². The Bertz CT molecular complexity index is 656. The molecule has 2 fully saturated rings. The summed E-state index contributed by atoms with van der Waals surface area (Å²) < 4.78 is 5.85. The van der Waals surface area contributed by atoms with Crippen LogP contribution in [0, 0.1) is 0 Å². The second-order valence-electron chi connectivity index (χ2n) is 7.23. The summed E-state index contributed by atoms with van der Waals surface area (Å²) in [5.74, 6) is 0.848. The van der Waals surface area contributed by atoms with Crippen LogP contribution >= 0.6 is 0 Å². The van der Waals surface area contributed by atoms with Crippen molar-refractivity contribution in [2.75, 3.05) is 0 Å². The lowest BCUT2D eigenvalue weighted by atomic mass is 9.74. The van der Waals surface area contributed by atoms with Gasteiger partial charge in [0.1, 0.15) is 12.4 Å². The zero-order chi connectivity index (χ0) is 16.4. The number of benzene rings is 2. The molecular formula is C21H25NO2. The Balaban J connectivity index is 1.43. The van der Waals surface area contributed by atoms with Gasteiger partial charge in [0.25, 0.3) is 0 Å². The zero-order valence-electron chi connectivity index (χ0n) is 13.9. The lowest BCUT2D eigenvalue weighted by Crippen LogP contribution is -2.54. The Hall–Kier alpha value is -1.84. The number of hydrogen-bond donors (Lipinski definition) is 2. The molecule has 2 heterocycles. The third-order valence-electron chi connectivity index (χ3n) is 5.38. The van der Waals surface area contributed by atoms with Crippen molar-refractivity contribution in [1.29, 1.82) is 0 Å². The maximum Gasteiger partial charge on any atom is 0.119 e. The number of rotatable bonds is 4. The third kappa shape index (κ3) is 3.33. The smallest absolute Gasteiger partial charge is 0.119 e. The van der Waals surface area contributed by atoms with Gasteiger partial charge >= 0.3 is 0 Å². The summed E-state index contributed by atoms with van der Waals surface area (Å²) >= 11 is 0. The van der Waals surface area contributed by atoms with E-state index in [9.17, 15) is 5.11 Å². The molecule has 3 heteroatoms. The molecule has 2 unspecified atom stereocenters. The van der Waals surface area contributed by atoms with Crippen LogP contribution in [-0.4, -0.2) is 17.2 Å². The van der Waals surface area contributed by atoms with Crippen LogP contribution in [0.2, 0.25) is 0 Å². The van der Waals surface area contributed by atoms with E-state index in [1.54, 1.807) is 0 Å². The average Bonchev–Trinajstić information content (AvgIpc) is 2.61. The summed E-state index contributed by atoms with van der Waals surface area (Å²) in [5.41, 5.74) is 1.48. The SMILES string of the molecule is OC1(c2ccc(OCc3ccccc3)cc2)CC2CCCC(C1)N2. The Labute approximate surface area is 143 Å². The summed E-state index contributed by atoms with van der Waals surface area (Å²) in [4.78, 5) is 0. The second kappa shape index (κ2) is 6.58. The Morgan fingerprint density at radius 2 is 1.62 bits per heavy atom. The fourth-order valence-corrected chi connectivity index (χ4v) is 4.17. The standard InChI is InChI=1S/C21H25NO2/c23-21(13-18-7-4-8-19(14-21)22-18)17-9-11-20(12-10-17)24-15-16-5-2-1-3-6-16/h1-3,5-6,9-12,18-19,22-23H,4,7-8,13-15H2. The monoisotopic (exact) mass is 323 g/mol. The number of aliphatic hydroxyl groups is 1. The molecule has 2 aliphatic rings. The first-order valence-corrected chi connectivity index (χ1v) is 8.97. The highest BCUT2D eigenvalue weighted by Crippen LogP contribution is 2.39. The van der Waals surface area contributed by atoms with Gasteiger partial charge in [-0.05, 0) is 48.9 Å². The van der Waals surface area contributed by atoms with Gasteiger partial charge in [-0.25, -0.2) is 0 Å². The Morgan fingerprint density at radius 3 is 2.29 bits per heavy atom. The van der Waals surface area contributed by atoms with Gasteiger partial charge in [-0.2, -0.15) is 0 Å². The first-order chi connectivity index (χ1) is 11.7. The molecule has 3 nitrogen and oxygen atoms in total. The third-order valence-corrected chi connectivity index (χ3v) is 5.38. The summed E-state index contributed by atoms with van der Waals surface area (Å²) in [6.07, 6.45) is 5.26. The van der Waals surface area contributed by atoms with Crippen LogP contribution in [-0.2, 0) is 12.2 Å². The van der Waals surface area contributed by atoms with Crippen molar-refractivity contribution in [1.82, 2.24) is 5.32 Å². The largest absolute Gasteiger partial charge is 0.489 e. The van der Waals surface area contributed by atoms with E-state index in [-0.39, 0.29) is 0 Å². The van der Waals surface area contributed by atoms with E-state index >= 15 is 0 Å². The van der Waals surface area contributed by atoms with Gasteiger partial charge in [-0.3, -0.25) is 0 Å². The van der Waals surface area contributed by atoms with Gasteiger partial charge in [-0.1, -0.05) is 48.9 Å². The molecule has 0 spiro atoms. The van der Waals surface area contributed by atoms with Crippen molar-refractivity contribution < 1.29 is 9.84 Å². The molecule has 0 aliphatic carbocycles. The molecular weight excluding hydrogens is 298 g/mol. The van der Waals surface area contributed by atoms with E-state index in [1.807, 2.05) is 42.5 Å². The first kappa shape index (κ1) is 15.7. The summed E-state index contributed by atoms with van der Waals surface area (Å²) in [5, 5.41) is 14.8. The highest BCUT2D eigenvalue weighted by molar-refractivity contribution is 5.32. The van der Waals surface area contributed by atoms with E-state index in [1.165, 1.54) is 19.3 Å². The molecule has 2 bridgehead atoms. The van der Waals surface area contributed by atoms with Crippen molar-refractivity contribution in [2.24, 2.45) is 0 Å². The van der Waals surface area contributed by atoms with E-state index < -0.39 is 5.60 Å². The fourth-order valence-electron chi connectivity index (χ4n) is 4.17. The molecule has 0 radical (unpaired) electrons. The lowest BCUT2D eigenvalue weighted by molar-refractivity contribution is -0.0359. The van der Waals surface area contributed by atoms with E-state index in [0.717, 1.165) is 29.7 Å². The van der Waals surface area contributed by atoms with Gasteiger partial charge in [0.15, 0.2) is 0 Å². The Kier molecular flexibility index (Phi) is 4.30. The number of fused-ring (bicyclic) bond motifs is 2. The van der Waals surface area contributed by atoms with Crippen LogP contribution in [0.4, 0.5) is 0 Å². The molecule has 0 saturated carbocycles. The van der Waals surface area contributed by atoms with E-state index in [2.05, 4.69) is 17.4 Å². The minimum absolute atomic E-state index is 0.455. The van der Waals surface area contributed by atoms with Crippen molar-refractivity contribution in [3.05, 3.63) is 65.7 Å². The van der Waals surface area contributed by atoms with Crippen molar-refractivity contribution in [3.8, 4) is 5.75 Å². The zero-order valence-corrected chi connectivity index (χ0v) is 13.9. The molecule has 2 aromatic rings. The topological polar surface area (TPSA) is 41.5 Å². The van der Waals surface area contributed by atoms with Crippen molar-refractivity contribution in [3.63, 3.8) is 0 Å². The van der Waals surface area contributed by atoms with Crippen LogP contribution in [0.5, 0.6) is 5.75 Å². The Morgan fingerprint density at radius 1 is 0.958 bits per heavy atom. The molecule has 2 atom stereocenters. The summed E-state index contributed by atoms with van der Waals surface area (Å²) in [7, 11) is 0. The van der Waals surface area contributed by atoms with Crippen molar-refractivity contribution >= 4 is 0 Å².